The van der Waals surface area contributed by atoms with E-state index in [1.807, 2.05) is 29.2 Å². The Hall–Kier alpha value is -3.60. The van der Waals surface area contributed by atoms with E-state index >= 15 is 0 Å². The number of carbonyl (C=O) groups is 2. The number of aromatic nitrogens is 1. The van der Waals surface area contributed by atoms with Crippen LogP contribution >= 0.6 is 0 Å². The van der Waals surface area contributed by atoms with Crippen molar-refractivity contribution in [2.45, 2.75) is 56.4 Å². The number of pyridine rings is 1. The molecule has 10 heteroatoms. The fraction of sp³-hybridized carbons (Fsp3) is 0.406. The standard InChI is InChI=1S/C32H40N4O5S/c1-33-42(39,40)29-14-10-25(11-15-29)12-17-31(37)35-19-6-4-3-5-7-20-36(32(38)24-41-2)30-16-13-26(21-28(30)23-35)27-9-8-18-34-22-27/h8-11,13-16,18,21-22,33H,3-7,12,17,19-20,23-24H2,1-2H3. The minimum absolute atomic E-state index is 0.0130. The lowest BCUT2D eigenvalue weighted by Crippen LogP contribution is -2.37. The molecule has 42 heavy (non-hydrogen) atoms. The number of fused-ring (bicyclic) bond motifs is 1. The maximum atomic E-state index is 13.7. The van der Waals surface area contributed by atoms with E-state index in [0.717, 1.165) is 60.0 Å². The van der Waals surface area contributed by atoms with Crippen LogP contribution in [0, 0.1) is 0 Å². The minimum atomic E-state index is -3.51. The predicted molar refractivity (Wildman–Crippen MR) is 163 cm³/mol. The largest absolute Gasteiger partial charge is 0.375 e. The Balaban J connectivity index is 1.62. The van der Waals surface area contributed by atoms with Crippen LogP contribution < -0.4 is 9.62 Å². The van der Waals surface area contributed by atoms with Crippen LogP contribution in [0.5, 0.6) is 0 Å². The third kappa shape index (κ3) is 8.24. The van der Waals surface area contributed by atoms with E-state index in [1.54, 1.807) is 41.6 Å². The number of amides is 2. The van der Waals surface area contributed by atoms with Gasteiger partial charge in [0.25, 0.3) is 5.91 Å². The average molecular weight is 593 g/mol. The van der Waals surface area contributed by atoms with E-state index in [9.17, 15) is 18.0 Å². The Morgan fingerprint density at radius 3 is 2.36 bits per heavy atom. The molecule has 1 aliphatic rings. The van der Waals surface area contributed by atoms with Crippen LogP contribution in [-0.2, 0) is 37.3 Å². The summed E-state index contributed by atoms with van der Waals surface area (Å²) in [6.45, 7) is 1.58. The number of nitrogens with one attached hydrogen (secondary N) is 1. The third-order valence-corrected chi connectivity index (χ3v) is 9.02. The molecule has 4 rings (SSSR count). The summed E-state index contributed by atoms with van der Waals surface area (Å²) in [6, 6.07) is 16.5. The summed E-state index contributed by atoms with van der Waals surface area (Å²) in [5.41, 5.74) is 4.52. The highest BCUT2D eigenvalue weighted by atomic mass is 32.2. The molecule has 0 aliphatic carbocycles. The summed E-state index contributed by atoms with van der Waals surface area (Å²) < 4.78 is 31.6. The second kappa shape index (κ2) is 15.0. The maximum Gasteiger partial charge on any atom is 0.252 e. The lowest BCUT2D eigenvalue weighted by Gasteiger charge is -2.30. The topological polar surface area (TPSA) is 109 Å². The highest BCUT2D eigenvalue weighted by Gasteiger charge is 2.23. The van der Waals surface area contributed by atoms with Gasteiger partial charge < -0.3 is 14.5 Å². The molecule has 0 bridgehead atoms. The van der Waals surface area contributed by atoms with Crippen LogP contribution in [0.25, 0.3) is 11.1 Å². The van der Waals surface area contributed by atoms with Crippen molar-refractivity contribution in [3.8, 4) is 11.1 Å². The van der Waals surface area contributed by atoms with E-state index in [2.05, 4.69) is 15.8 Å². The lowest BCUT2D eigenvalue weighted by atomic mass is 10.0. The monoisotopic (exact) mass is 592 g/mol. The quantitative estimate of drug-likeness (QED) is 0.411. The van der Waals surface area contributed by atoms with E-state index in [1.165, 1.54) is 14.2 Å². The first-order valence-electron chi connectivity index (χ1n) is 14.5. The zero-order valence-corrected chi connectivity index (χ0v) is 25.2. The van der Waals surface area contributed by atoms with Gasteiger partial charge in [0.15, 0.2) is 0 Å². The van der Waals surface area contributed by atoms with Gasteiger partial charge in [0, 0.05) is 51.2 Å². The fourth-order valence-electron chi connectivity index (χ4n) is 5.23. The first-order chi connectivity index (χ1) is 20.3. The van der Waals surface area contributed by atoms with E-state index < -0.39 is 10.0 Å². The number of hydrogen-bond acceptors (Lipinski definition) is 6. The molecule has 9 nitrogen and oxygen atoms in total. The van der Waals surface area contributed by atoms with Crippen molar-refractivity contribution in [3.05, 3.63) is 78.1 Å². The second-order valence-electron chi connectivity index (χ2n) is 10.5. The second-order valence-corrected chi connectivity index (χ2v) is 12.4. The zero-order valence-electron chi connectivity index (χ0n) is 24.4. The summed E-state index contributed by atoms with van der Waals surface area (Å²) in [5.74, 6) is -0.0852. The first-order valence-corrected chi connectivity index (χ1v) is 15.9. The van der Waals surface area contributed by atoms with Gasteiger partial charge in [0.2, 0.25) is 15.9 Å². The molecule has 2 amide bonds. The summed E-state index contributed by atoms with van der Waals surface area (Å²) in [6.07, 6.45) is 9.20. The number of rotatable bonds is 8. The molecular weight excluding hydrogens is 552 g/mol. The number of ether oxygens (including phenoxy) is 1. The molecular formula is C32H40N4O5S. The molecule has 2 heterocycles. The molecule has 3 aromatic rings. The van der Waals surface area contributed by atoms with Gasteiger partial charge in [-0.1, -0.05) is 43.5 Å². The molecule has 0 unspecified atom stereocenters. The van der Waals surface area contributed by atoms with Crippen molar-refractivity contribution in [3.63, 3.8) is 0 Å². The molecule has 1 aliphatic heterocycles. The van der Waals surface area contributed by atoms with Crippen molar-refractivity contribution >= 4 is 27.5 Å². The number of aryl methyl sites for hydroxylation is 1. The molecule has 0 atom stereocenters. The van der Waals surface area contributed by atoms with Gasteiger partial charge in [0.1, 0.15) is 6.61 Å². The molecule has 0 saturated heterocycles. The molecule has 0 radical (unpaired) electrons. The summed E-state index contributed by atoms with van der Waals surface area (Å²) in [7, 11) is -0.613. The number of methoxy groups -OCH3 is 1. The molecule has 0 fully saturated rings. The van der Waals surface area contributed by atoms with Gasteiger partial charge >= 0.3 is 0 Å². The van der Waals surface area contributed by atoms with Crippen LogP contribution in [0.1, 0.15) is 49.7 Å². The van der Waals surface area contributed by atoms with E-state index in [-0.39, 0.29) is 23.3 Å². The molecule has 1 N–H and O–H groups in total. The van der Waals surface area contributed by atoms with Crippen LogP contribution in [0.2, 0.25) is 0 Å². The van der Waals surface area contributed by atoms with Crippen LogP contribution in [0.15, 0.2) is 71.9 Å². The average Bonchev–Trinajstić information content (AvgIpc) is 3.00. The van der Waals surface area contributed by atoms with Gasteiger partial charge in [-0.05, 0) is 78.9 Å². The Labute approximate surface area is 249 Å². The Bertz CT molecular complexity index is 1450. The summed E-state index contributed by atoms with van der Waals surface area (Å²) in [5, 5.41) is 0. The van der Waals surface area contributed by atoms with Crippen molar-refractivity contribution in [1.82, 2.24) is 14.6 Å². The summed E-state index contributed by atoms with van der Waals surface area (Å²) >= 11 is 0. The van der Waals surface area contributed by atoms with E-state index in [0.29, 0.717) is 32.5 Å². The number of nitrogens with zero attached hydrogens (tertiary/aromatic N) is 3. The Kier molecular flexibility index (Phi) is 11.2. The number of carbonyl (C=O) groups excluding carboxylic acids is 2. The van der Waals surface area contributed by atoms with Crippen LogP contribution in [-0.4, -0.2) is 64.0 Å². The van der Waals surface area contributed by atoms with Gasteiger partial charge in [-0.15, -0.1) is 0 Å². The third-order valence-electron chi connectivity index (χ3n) is 7.59. The molecule has 224 valence electrons. The van der Waals surface area contributed by atoms with Gasteiger partial charge in [0.05, 0.1) is 4.90 Å². The number of hydrogen-bond donors (Lipinski definition) is 1. The molecule has 2 aromatic carbocycles. The van der Waals surface area contributed by atoms with Crippen molar-refractivity contribution in [2.75, 3.05) is 38.8 Å². The van der Waals surface area contributed by atoms with E-state index in [4.69, 9.17) is 4.74 Å². The molecule has 1 aromatic heterocycles. The molecule has 0 spiro atoms. The highest BCUT2D eigenvalue weighted by molar-refractivity contribution is 7.89. The maximum absolute atomic E-state index is 13.7. The minimum Gasteiger partial charge on any atom is -0.375 e. The van der Waals surface area contributed by atoms with Crippen LogP contribution in [0.3, 0.4) is 0 Å². The number of sulfonamides is 1. The zero-order chi connectivity index (χ0) is 30.0. The van der Waals surface area contributed by atoms with Gasteiger partial charge in [-0.25, -0.2) is 13.1 Å². The first kappa shape index (κ1) is 31.3. The van der Waals surface area contributed by atoms with Crippen molar-refractivity contribution in [1.29, 1.82) is 0 Å². The van der Waals surface area contributed by atoms with Gasteiger partial charge in [-0.3, -0.25) is 14.6 Å². The Morgan fingerprint density at radius 1 is 0.929 bits per heavy atom. The number of benzene rings is 2. The Morgan fingerprint density at radius 2 is 1.67 bits per heavy atom. The van der Waals surface area contributed by atoms with Crippen molar-refractivity contribution < 1.29 is 22.7 Å². The van der Waals surface area contributed by atoms with Crippen LogP contribution in [0.4, 0.5) is 5.69 Å². The number of anilines is 1. The SMILES string of the molecule is CNS(=O)(=O)c1ccc(CCC(=O)N2CCCCCCCN(C(=O)COC)c3ccc(-c4cccnc4)cc3C2)cc1. The van der Waals surface area contributed by atoms with Gasteiger partial charge in [-0.2, -0.15) is 0 Å². The highest BCUT2D eigenvalue weighted by Crippen LogP contribution is 2.30. The normalized spacial score (nSPS) is 14.9. The summed E-state index contributed by atoms with van der Waals surface area (Å²) in [4.78, 5) is 35.0. The predicted octanol–water partition coefficient (Wildman–Crippen LogP) is 4.56. The molecule has 0 saturated carbocycles. The van der Waals surface area contributed by atoms with Crippen molar-refractivity contribution in [2.24, 2.45) is 0 Å². The fourth-order valence-corrected chi connectivity index (χ4v) is 5.96. The lowest BCUT2D eigenvalue weighted by molar-refractivity contribution is -0.131. The smallest absolute Gasteiger partial charge is 0.252 e.